The van der Waals surface area contributed by atoms with Crippen molar-refractivity contribution >= 4 is 17.1 Å². The molecular formula is C12H17N3O3. The number of anilines is 2. The van der Waals surface area contributed by atoms with Crippen LogP contribution in [0.25, 0.3) is 0 Å². The van der Waals surface area contributed by atoms with Crippen LogP contribution in [0.15, 0.2) is 18.2 Å². The first-order valence-electron chi connectivity index (χ1n) is 5.95. The molecule has 2 rings (SSSR count). The molecule has 6 nitrogen and oxygen atoms in total. The van der Waals surface area contributed by atoms with E-state index in [0.717, 1.165) is 18.7 Å². The van der Waals surface area contributed by atoms with Crippen LogP contribution in [0.5, 0.6) is 0 Å². The van der Waals surface area contributed by atoms with Crippen LogP contribution in [-0.2, 0) is 0 Å². The number of benzene rings is 1. The lowest BCUT2D eigenvalue weighted by atomic mass is 10.0. The summed E-state index contributed by atoms with van der Waals surface area (Å²) in [7, 11) is 0. The predicted octanol–water partition coefficient (Wildman–Crippen LogP) is 1.38. The quantitative estimate of drug-likeness (QED) is 0.481. The lowest BCUT2D eigenvalue weighted by molar-refractivity contribution is -0.384. The van der Waals surface area contributed by atoms with Crippen LogP contribution in [0, 0.1) is 16.0 Å². The molecule has 0 aromatic heterocycles. The van der Waals surface area contributed by atoms with Crippen molar-refractivity contribution in [3.63, 3.8) is 0 Å². The van der Waals surface area contributed by atoms with Gasteiger partial charge < -0.3 is 15.7 Å². The Hall–Kier alpha value is -1.82. The number of rotatable bonds is 3. The second-order valence-electron chi connectivity index (χ2n) is 4.78. The third-order valence-electron chi connectivity index (χ3n) is 3.41. The molecule has 1 aromatic carbocycles. The number of hydrogen-bond acceptors (Lipinski definition) is 5. The highest BCUT2D eigenvalue weighted by atomic mass is 16.6. The molecule has 0 radical (unpaired) electrons. The average molecular weight is 251 g/mol. The van der Waals surface area contributed by atoms with Crippen LogP contribution >= 0.6 is 0 Å². The third kappa shape index (κ3) is 2.53. The molecule has 0 aliphatic carbocycles. The summed E-state index contributed by atoms with van der Waals surface area (Å²) in [5, 5.41) is 20.3. The Morgan fingerprint density at radius 3 is 2.83 bits per heavy atom. The lowest BCUT2D eigenvalue weighted by Crippen LogP contribution is -2.24. The molecule has 2 unspecified atom stereocenters. The first kappa shape index (κ1) is 12.6. The number of nitro benzene ring substituents is 1. The van der Waals surface area contributed by atoms with Gasteiger partial charge in [0.05, 0.1) is 11.0 Å². The smallest absolute Gasteiger partial charge is 0.273 e. The Morgan fingerprint density at radius 2 is 2.28 bits per heavy atom. The summed E-state index contributed by atoms with van der Waals surface area (Å²) in [6, 6.07) is 4.62. The predicted molar refractivity (Wildman–Crippen MR) is 69.5 cm³/mol. The van der Waals surface area contributed by atoms with Gasteiger partial charge in [0.2, 0.25) is 0 Å². The van der Waals surface area contributed by atoms with Gasteiger partial charge in [-0.2, -0.15) is 0 Å². The van der Waals surface area contributed by atoms with Crippen molar-refractivity contribution in [2.75, 3.05) is 23.7 Å². The zero-order valence-corrected chi connectivity index (χ0v) is 10.2. The van der Waals surface area contributed by atoms with Crippen molar-refractivity contribution in [3.05, 3.63) is 28.3 Å². The van der Waals surface area contributed by atoms with Gasteiger partial charge in [0, 0.05) is 42.5 Å². The van der Waals surface area contributed by atoms with E-state index in [1.165, 1.54) is 12.1 Å². The molecule has 1 fully saturated rings. The molecule has 1 aromatic rings. The molecule has 0 bridgehead atoms. The van der Waals surface area contributed by atoms with Crippen LogP contribution in [0.1, 0.15) is 13.3 Å². The highest BCUT2D eigenvalue weighted by molar-refractivity contribution is 5.63. The zero-order chi connectivity index (χ0) is 13.3. The second-order valence-corrected chi connectivity index (χ2v) is 4.78. The first-order chi connectivity index (χ1) is 8.47. The van der Waals surface area contributed by atoms with E-state index < -0.39 is 4.92 Å². The SMILES string of the molecule is CC(O)C1CCN(c2cc(N)cc([N+](=O)[O-])c2)C1. The second kappa shape index (κ2) is 4.81. The molecule has 3 N–H and O–H groups in total. The number of nitro groups is 1. The summed E-state index contributed by atoms with van der Waals surface area (Å²) in [5.41, 5.74) is 6.83. The maximum absolute atomic E-state index is 10.8. The van der Waals surface area contributed by atoms with Crippen LogP contribution in [0.3, 0.4) is 0 Å². The van der Waals surface area contributed by atoms with Gasteiger partial charge in [0.1, 0.15) is 0 Å². The molecule has 1 aliphatic rings. The van der Waals surface area contributed by atoms with Crippen molar-refractivity contribution in [2.24, 2.45) is 5.92 Å². The molecule has 0 amide bonds. The van der Waals surface area contributed by atoms with E-state index in [9.17, 15) is 15.2 Å². The zero-order valence-electron chi connectivity index (χ0n) is 10.2. The molecule has 18 heavy (non-hydrogen) atoms. The van der Waals surface area contributed by atoms with Gasteiger partial charge in [-0.15, -0.1) is 0 Å². The van der Waals surface area contributed by atoms with Crippen molar-refractivity contribution in [1.82, 2.24) is 0 Å². The monoisotopic (exact) mass is 251 g/mol. The summed E-state index contributed by atoms with van der Waals surface area (Å²) in [4.78, 5) is 12.4. The Bertz CT molecular complexity index is 462. The van der Waals surface area contributed by atoms with Gasteiger partial charge >= 0.3 is 0 Å². The summed E-state index contributed by atoms with van der Waals surface area (Å²) in [6.07, 6.45) is 0.534. The van der Waals surface area contributed by atoms with Crippen molar-refractivity contribution in [3.8, 4) is 0 Å². The molecule has 98 valence electrons. The summed E-state index contributed by atoms with van der Waals surface area (Å²) >= 11 is 0. The largest absolute Gasteiger partial charge is 0.398 e. The fourth-order valence-corrected chi connectivity index (χ4v) is 2.32. The van der Waals surface area contributed by atoms with E-state index in [2.05, 4.69) is 0 Å². The average Bonchev–Trinajstić information content (AvgIpc) is 2.77. The van der Waals surface area contributed by atoms with Gasteiger partial charge in [-0.1, -0.05) is 0 Å². The van der Waals surface area contributed by atoms with Crippen molar-refractivity contribution < 1.29 is 10.0 Å². The summed E-state index contributed by atoms with van der Waals surface area (Å²) in [5.74, 6) is 0.213. The number of hydrogen-bond donors (Lipinski definition) is 2. The van der Waals surface area contributed by atoms with Gasteiger partial charge in [0.25, 0.3) is 5.69 Å². The molecule has 1 heterocycles. The molecule has 2 atom stereocenters. The van der Waals surface area contributed by atoms with Gasteiger partial charge in [-0.25, -0.2) is 0 Å². The van der Waals surface area contributed by atoms with E-state index in [1.807, 2.05) is 4.90 Å². The maximum atomic E-state index is 10.8. The van der Waals surface area contributed by atoms with E-state index in [-0.39, 0.29) is 17.7 Å². The van der Waals surface area contributed by atoms with E-state index >= 15 is 0 Å². The molecule has 1 saturated heterocycles. The molecule has 0 saturated carbocycles. The topological polar surface area (TPSA) is 92.6 Å². The van der Waals surface area contributed by atoms with Crippen LogP contribution in [-0.4, -0.2) is 29.2 Å². The Morgan fingerprint density at radius 1 is 1.56 bits per heavy atom. The minimum absolute atomic E-state index is 0.00509. The number of nitrogens with two attached hydrogens (primary N) is 1. The molecular weight excluding hydrogens is 234 g/mol. The fraction of sp³-hybridized carbons (Fsp3) is 0.500. The minimum atomic E-state index is -0.442. The molecule has 1 aliphatic heterocycles. The van der Waals surface area contributed by atoms with Crippen LogP contribution < -0.4 is 10.6 Å². The minimum Gasteiger partial charge on any atom is -0.398 e. The van der Waals surface area contributed by atoms with Gasteiger partial charge in [-0.05, 0) is 19.4 Å². The van der Waals surface area contributed by atoms with Crippen LogP contribution in [0.2, 0.25) is 0 Å². The van der Waals surface area contributed by atoms with E-state index in [4.69, 9.17) is 5.73 Å². The lowest BCUT2D eigenvalue weighted by Gasteiger charge is -2.19. The van der Waals surface area contributed by atoms with E-state index in [1.54, 1.807) is 13.0 Å². The number of nitrogens with zero attached hydrogens (tertiary/aromatic N) is 2. The Balaban J connectivity index is 2.21. The van der Waals surface area contributed by atoms with Crippen molar-refractivity contribution in [2.45, 2.75) is 19.4 Å². The van der Waals surface area contributed by atoms with Crippen LogP contribution in [0.4, 0.5) is 17.1 Å². The number of aliphatic hydroxyl groups excluding tert-OH is 1. The normalized spacial score (nSPS) is 21.0. The summed E-state index contributed by atoms with van der Waals surface area (Å²) in [6.45, 7) is 3.27. The van der Waals surface area contributed by atoms with Crippen molar-refractivity contribution in [1.29, 1.82) is 0 Å². The van der Waals surface area contributed by atoms with Gasteiger partial charge in [0.15, 0.2) is 0 Å². The Kier molecular flexibility index (Phi) is 3.38. The Labute approximate surface area is 105 Å². The van der Waals surface area contributed by atoms with E-state index in [0.29, 0.717) is 12.2 Å². The first-order valence-corrected chi connectivity index (χ1v) is 5.95. The number of aliphatic hydroxyl groups is 1. The van der Waals surface area contributed by atoms with Gasteiger partial charge in [-0.3, -0.25) is 10.1 Å². The fourth-order valence-electron chi connectivity index (χ4n) is 2.32. The summed E-state index contributed by atoms with van der Waals surface area (Å²) < 4.78 is 0. The molecule has 0 spiro atoms. The highest BCUT2D eigenvalue weighted by Crippen LogP contribution is 2.30. The number of non-ortho nitro benzene ring substituents is 1. The maximum Gasteiger partial charge on any atom is 0.273 e. The molecule has 6 heteroatoms. The highest BCUT2D eigenvalue weighted by Gasteiger charge is 2.27. The third-order valence-corrected chi connectivity index (χ3v) is 3.41. The standard InChI is InChI=1S/C12H17N3O3/c1-8(16)9-2-3-14(7-9)11-4-10(13)5-12(6-11)15(17)18/h4-6,8-9,16H,2-3,7,13H2,1H3. The number of nitrogen functional groups attached to an aromatic ring is 1.